The van der Waals surface area contributed by atoms with Crippen molar-refractivity contribution >= 4 is 139 Å². The van der Waals surface area contributed by atoms with E-state index in [1.807, 2.05) is 0 Å². The zero-order valence-corrected chi connectivity index (χ0v) is 83.1. The lowest BCUT2D eigenvalue weighted by atomic mass is 10.1. The van der Waals surface area contributed by atoms with Gasteiger partial charge in [0.15, 0.2) is 65.5 Å². The van der Waals surface area contributed by atoms with Gasteiger partial charge < -0.3 is 171 Å². The van der Waals surface area contributed by atoms with Crippen LogP contribution in [0.15, 0.2) is 77.5 Å². The van der Waals surface area contributed by atoms with Gasteiger partial charge in [0.05, 0.1) is 123 Å². The van der Waals surface area contributed by atoms with Crippen molar-refractivity contribution in [3.8, 4) is 0 Å². The third-order valence-corrected chi connectivity index (χ3v) is 30.0. The third-order valence-electron chi connectivity index (χ3n) is 22.8. The molecule has 69 heteroatoms. The molecule has 0 amide bonds. The Labute approximate surface area is 814 Å². The van der Waals surface area contributed by atoms with Crippen molar-refractivity contribution in [2.45, 2.75) is 176 Å². The van der Waals surface area contributed by atoms with E-state index in [1.54, 1.807) is 11.5 Å². The minimum atomic E-state index is -6.17. The zero-order chi connectivity index (χ0) is 101. The lowest BCUT2D eigenvalue weighted by molar-refractivity contribution is -0.238. The standard InChI is InChI=1S/C72H101N22O38P5S4/c1-31-19-89(70(100)82-55(31)73)65-54(116-16-12-112-8)50(132-136(107,140)119-23-38-47(95)51(113-13-9-109-5)64(124-38)90-20-32(2)60(96)87-71(90)101)41(126-65)26-121-137(108,141)131-49-39(125-66(53(49)115-15-11-111-7)91-21-33(3)61(97)88-72(91)102)24-117-133(103,104)130-48-40(127-67(52(48)114-14-10-110-6)94-30-81-46-59(94)84-69(76)86-63(46)99)25-120-135(106,139)129-36-18-43(93-29-80-45-58(93)83-68(75)85-62(45)98)123-37(36)22-118-134(105,138)128-35-17-42(122-34(35)4)92-28-79-44-56(74)77-27-78-57(44)92/h19-21,27-30,34-43,47-54,64-67,95H,9-18,22-26H2,1-8H3,(H,103,104)(H,105,138)(H,106,139)(H,107,140)(H,108,141)(H2,73,82,100)(H2,74,77,78)(H,87,96,101)(H,88,97,102)(H3,75,83,85,98)(H3,76,84,86,99)/p-5/t34-,35?,36?,37-,38-,39-,40-,41-,42-,43-,47?,48?,49?,50?,51+,52+,53+,54+,64-,65-,66-,67-,134?,135?,136?,137?/m1/s1. The summed E-state index contributed by atoms with van der Waals surface area (Å²) in [7, 11) is -0.890. The summed E-state index contributed by atoms with van der Waals surface area (Å²) in [5, 5.41) is 11.7. The first kappa shape index (κ1) is 108. The fourth-order valence-corrected chi connectivity index (χ4v) is 22.8. The number of phosphoric ester groups is 1. The predicted octanol–water partition coefficient (Wildman–Crippen LogP) is -4.74. The van der Waals surface area contributed by atoms with Crippen molar-refractivity contribution in [1.82, 2.24) is 87.2 Å². The average molecular weight is 2160 g/mol. The molecule has 0 spiro atoms. The van der Waals surface area contributed by atoms with E-state index < -0.39 is 261 Å². The molecule has 0 saturated carbocycles. The van der Waals surface area contributed by atoms with Crippen molar-refractivity contribution in [3.05, 3.63) is 133 Å². The van der Waals surface area contributed by atoms with E-state index in [-0.39, 0.29) is 115 Å². The number of aromatic amines is 4. The Morgan fingerprint density at radius 1 is 0.433 bits per heavy atom. The second-order valence-corrected chi connectivity index (χ2v) is 44.4. The first-order valence-electron chi connectivity index (χ1n) is 42.6. The Bertz CT molecular complexity index is 6700. The Kier molecular flexibility index (Phi) is 34.6. The number of nitrogens with two attached hydrogens (primary N) is 4. The van der Waals surface area contributed by atoms with Gasteiger partial charge in [0, 0.05) is 76.6 Å². The Hall–Kier alpha value is -7.71. The number of nitrogens with zero attached hydrogens (tertiary/aromatic N) is 14. The summed E-state index contributed by atoms with van der Waals surface area (Å²) in [6.45, 7) is -21.5. The number of hydrogen-bond acceptors (Lipinski definition) is 54. The number of phosphoric acid groups is 1. The minimum absolute atomic E-state index is 0.000788. The molecule has 141 heavy (non-hydrogen) atoms. The van der Waals surface area contributed by atoms with Crippen LogP contribution in [0, 0.1) is 20.8 Å². The molecule has 60 nitrogen and oxygen atoms in total. The van der Waals surface area contributed by atoms with Crippen LogP contribution in [0.5, 0.6) is 0 Å². The number of ether oxygens (including phenoxy) is 14. The van der Waals surface area contributed by atoms with Gasteiger partial charge in [0.1, 0.15) is 130 Å². The van der Waals surface area contributed by atoms with E-state index in [4.69, 9.17) is 182 Å². The SMILES string of the molecule is COCCO[C@H]1C(O)[C@@H](COP([O-])(=S)OC2[C@@H](COP([O-])(=S)OC3[C@@H](COP(=O)([O-])OC4[C@@H](COP(=O)([S-])OC5C[C@H](n6cnc7c(=O)[nH]c(N)nc76)O[C@@H]5COP([O-])(=S)OC5C[C@H](n6cnc7c(N)ncnc76)O[C@@H]5C)O[C@@H](n5cnc6c(=O)[nH]c(N)nc65)[C@H]4OCCOC)O[C@@H](n4cc(C)c(=O)[nH]c4=O)[C@H]3OCCOC)O[C@@H](n3cc(C)c(N)nc3=O)[C@H]2OCCOC)O[C@H]1n1cc(C)c(=O)[nH]c1=O. The quantitative estimate of drug-likeness (QED) is 0.00982. The van der Waals surface area contributed by atoms with E-state index in [2.05, 4.69) is 59.8 Å². The number of aromatic nitrogens is 18. The Morgan fingerprint density at radius 2 is 0.844 bits per heavy atom. The van der Waals surface area contributed by atoms with Crippen LogP contribution in [0.25, 0.3) is 33.5 Å². The van der Waals surface area contributed by atoms with Crippen LogP contribution in [-0.2, 0) is 168 Å². The minimum Gasteiger partial charge on any atom is -0.780 e. The van der Waals surface area contributed by atoms with E-state index >= 15 is 18.9 Å². The number of imidazole rings is 3. The molecule has 6 fully saturated rings. The summed E-state index contributed by atoms with van der Waals surface area (Å²) in [5.74, 6) is -0.865. The van der Waals surface area contributed by atoms with Crippen LogP contribution in [0.4, 0.5) is 23.5 Å². The number of nitrogen functional groups attached to an aromatic ring is 4. The van der Waals surface area contributed by atoms with Gasteiger partial charge in [-0.3, -0.25) is 75.6 Å². The van der Waals surface area contributed by atoms with E-state index in [1.165, 1.54) is 79.0 Å². The highest BCUT2D eigenvalue weighted by molar-refractivity contribution is 8.32. The number of aryl methyl sites for hydroxylation is 3. The molecule has 0 bridgehead atoms. The van der Waals surface area contributed by atoms with Gasteiger partial charge in [-0.15, -0.1) is 0 Å². The largest absolute Gasteiger partial charge is 0.780 e. The molecule has 6 aliphatic heterocycles. The van der Waals surface area contributed by atoms with Crippen molar-refractivity contribution in [2.75, 3.05) is 137 Å². The Morgan fingerprint density at radius 3 is 1.38 bits per heavy atom. The Balaban J connectivity index is 0.707. The molecular weight excluding hydrogens is 2060 g/mol. The highest BCUT2D eigenvalue weighted by Gasteiger charge is 2.56. The second kappa shape index (κ2) is 45.3. The topological polar surface area (TPSA) is 788 Å². The number of rotatable bonds is 47. The number of H-pyrrole nitrogens is 4. The van der Waals surface area contributed by atoms with Gasteiger partial charge in [-0.1, -0.05) is 35.4 Å². The monoisotopic (exact) mass is 2160 g/mol. The number of methoxy groups -OCH3 is 4. The van der Waals surface area contributed by atoms with Crippen LogP contribution >= 0.6 is 34.8 Å². The number of fused-ring (bicyclic) bond motifs is 3. The summed E-state index contributed by atoms with van der Waals surface area (Å²) in [4.78, 5) is 195. The van der Waals surface area contributed by atoms with E-state index in [0.717, 1.165) is 37.0 Å². The first-order valence-corrected chi connectivity index (χ1v) is 54.2. The summed E-state index contributed by atoms with van der Waals surface area (Å²) in [6.07, 6.45) is -27.2. The normalized spacial score (nSPS) is 29.2. The average Bonchev–Trinajstić information content (AvgIpc) is 1.59. The van der Waals surface area contributed by atoms with Crippen LogP contribution in [0.3, 0.4) is 0 Å². The molecule has 6 saturated heterocycles. The molecule has 0 aliphatic carbocycles. The maximum atomic E-state index is 15.5. The second-order valence-electron chi connectivity index (χ2n) is 32.3. The number of nitrogens with one attached hydrogen (secondary N) is 4. The van der Waals surface area contributed by atoms with Gasteiger partial charge in [0.25, 0.3) is 30.1 Å². The van der Waals surface area contributed by atoms with Crippen LogP contribution in [0.2, 0.25) is 0 Å². The number of anilines is 4. The van der Waals surface area contributed by atoms with Gasteiger partial charge in [-0.2, -0.15) is 15.0 Å². The van der Waals surface area contributed by atoms with Crippen molar-refractivity contribution < 1.29 is 145 Å². The van der Waals surface area contributed by atoms with Crippen LogP contribution in [-0.4, -0.2) is 304 Å². The summed E-state index contributed by atoms with van der Waals surface area (Å²) in [6, 6.07) is 0. The van der Waals surface area contributed by atoms with E-state index in [9.17, 15) is 48.5 Å². The smallest absolute Gasteiger partial charge is 0.351 e. The zero-order valence-electron chi connectivity index (χ0n) is 75.3. The summed E-state index contributed by atoms with van der Waals surface area (Å²) < 4.78 is 180. The van der Waals surface area contributed by atoms with Gasteiger partial charge in [-0.05, 0) is 27.7 Å². The van der Waals surface area contributed by atoms with Crippen molar-refractivity contribution in [1.29, 1.82) is 0 Å². The molecular formula is C72H96N22O38P5S4-5. The maximum Gasteiger partial charge on any atom is 0.351 e. The molecule has 13 N–H and O–H groups in total. The fraction of sp³-hybridized carbons (Fsp3) is 0.625. The lowest BCUT2D eigenvalue weighted by Gasteiger charge is -2.37. The number of aliphatic hydroxyl groups excluding tert-OH is 1. The van der Waals surface area contributed by atoms with Gasteiger partial charge in [0.2, 0.25) is 11.9 Å². The molecule has 9 aromatic heterocycles. The molecule has 6 aliphatic rings. The molecule has 0 radical (unpaired) electrons. The molecule has 27 atom stereocenters. The molecule has 15 heterocycles. The number of hydrogen-bond donors (Lipinski definition) is 9. The first-order chi connectivity index (χ1) is 66.9. The fourth-order valence-electron chi connectivity index (χ4n) is 16.1. The van der Waals surface area contributed by atoms with E-state index in [0.29, 0.717) is 5.65 Å². The molecule has 776 valence electrons. The summed E-state index contributed by atoms with van der Waals surface area (Å²) in [5.41, 5.74) is 17.7. The summed E-state index contributed by atoms with van der Waals surface area (Å²) >= 11 is 22.2. The van der Waals surface area contributed by atoms with Crippen LogP contribution in [0.1, 0.15) is 73.8 Å². The number of aliphatic hydroxyl groups is 1. The maximum absolute atomic E-state index is 15.5. The van der Waals surface area contributed by atoms with Gasteiger partial charge >= 0.3 is 17.1 Å². The molecule has 11 unspecified atom stereocenters. The highest BCUT2D eigenvalue weighted by Crippen LogP contribution is 2.56. The third kappa shape index (κ3) is 24.9. The predicted molar refractivity (Wildman–Crippen MR) is 485 cm³/mol. The lowest BCUT2D eigenvalue weighted by Crippen LogP contribution is -2.43. The van der Waals surface area contributed by atoms with Crippen LogP contribution < -0.4 is 81.8 Å². The molecule has 15 rings (SSSR count). The van der Waals surface area contributed by atoms with Crippen molar-refractivity contribution in [3.63, 3.8) is 0 Å². The molecule has 9 aromatic rings. The molecule has 0 aromatic carbocycles. The highest BCUT2D eigenvalue weighted by atomic mass is 32.7. The van der Waals surface area contributed by atoms with Gasteiger partial charge in [-0.25, -0.2) is 39.3 Å². The van der Waals surface area contributed by atoms with Crippen molar-refractivity contribution in [2.24, 2.45) is 0 Å².